The summed E-state index contributed by atoms with van der Waals surface area (Å²) in [7, 11) is -15.9. The summed E-state index contributed by atoms with van der Waals surface area (Å²) >= 11 is 0. The van der Waals surface area contributed by atoms with Gasteiger partial charge in [0.2, 0.25) is 0 Å². The zero-order valence-corrected chi connectivity index (χ0v) is 28.4. The maximum atomic E-state index is 10.3. The fourth-order valence-corrected chi connectivity index (χ4v) is 8.35. The van der Waals surface area contributed by atoms with E-state index >= 15 is 0 Å². The molecular formula is C24H55N4Na3O12S4. The molecule has 4 fully saturated rings. The predicted octanol–water partition coefficient (Wildman–Crippen LogP) is 0.901. The Morgan fingerprint density at radius 1 is 0.298 bits per heavy atom. The van der Waals surface area contributed by atoms with Gasteiger partial charge in [-0.1, -0.05) is 77.0 Å². The van der Waals surface area contributed by atoms with Crippen LogP contribution in [0.4, 0.5) is 0 Å². The van der Waals surface area contributed by atoms with Crippen LogP contribution in [0.1, 0.15) is 128 Å². The van der Waals surface area contributed by atoms with Gasteiger partial charge in [0.05, 0.1) is 0 Å². The SMILES string of the molecule is O=S(=O)(O)NC1CCCCC1.O=S(=O)(O)NC1CCCCC1.O=S(=O)(O)NC1CCCCC1.O=S(=O)(O)NC1CCCCC1.[NaH].[NaH].[NaH]. The summed E-state index contributed by atoms with van der Waals surface area (Å²) in [5.41, 5.74) is 0. The van der Waals surface area contributed by atoms with E-state index in [1.165, 1.54) is 25.7 Å². The number of rotatable bonds is 8. The molecule has 16 nitrogen and oxygen atoms in total. The summed E-state index contributed by atoms with van der Waals surface area (Å²) in [6.45, 7) is 0. The first-order valence-corrected chi connectivity index (χ1v) is 21.1. The molecule has 0 heterocycles. The van der Waals surface area contributed by atoms with Gasteiger partial charge < -0.3 is 0 Å². The summed E-state index contributed by atoms with van der Waals surface area (Å²) in [5.74, 6) is 0. The van der Waals surface area contributed by atoms with Gasteiger partial charge in [-0.25, -0.2) is 0 Å². The Morgan fingerprint density at radius 2 is 0.426 bits per heavy atom. The summed E-state index contributed by atoms with van der Waals surface area (Å²) in [6.07, 6.45) is 19.8. The van der Waals surface area contributed by atoms with Crippen LogP contribution in [0.15, 0.2) is 0 Å². The second-order valence-corrected chi connectivity index (χ2v) is 16.5. The van der Waals surface area contributed by atoms with Crippen LogP contribution in [-0.2, 0) is 41.2 Å². The molecule has 8 N–H and O–H groups in total. The fraction of sp³-hybridized carbons (Fsp3) is 1.00. The summed E-state index contributed by atoms with van der Waals surface area (Å²) < 4.78 is 125. The van der Waals surface area contributed by atoms with Crippen LogP contribution in [0.3, 0.4) is 0 Å². The monoisotopic (exact) mass is 788 g/mol. The van der Waals surface area contributed by atoms with Gasteiger partial charge in [0.1, 0.15) is 0 Å². The van der Waals surface area contributed by atoms with Crippen LogP contribution in [-0.4, -0.2) is 165 Å². The predicted molar refractivity (Wildman–Crippen MR) is 188 cm³/mol. The molecule has 0 spiro atoms. The molecule has 23 heteroatoms. The van der Waals surface area contributed by atoms with Crippen molar-refractivity contribution < 1.29 is 51.9 Å². The molecular weight excluding hydrogens is 734 g/mol. The fourth-order valence-electron chi connectivity index (χ4n) is 5.72. The van der Waals surface area contributed by atoms with E-state index < -0.39 is 41.2 Å². The average molecular weight is 789 g/mol. The van der Waals surface area contributed by atoms with Crippen LogP contribution in [0.5, 0.6) is 0 Å². The van der Waals surface area contributed by atoms with Crippen molar-refractivity contribution in [3.63, 3.8) is 0 Å². The molecule has 0 atom stereocenters. The second-order valence-electron chi connectivity index (χ2n) is 11.7. The van der Waals surface area contributed by atoms with Gasteiger partial charge in [-0.2, -0.15) is 52.6 Å². The molecule has 4 aliphatic carbocycles. The molecule has 270 valence electrons. The van der Waals surface area contributed by atoms with E-state index in [4.69, 9.17) is 18.2 Å². The van der Waals surface area contributed by atoms with Crippen LogP contribution < -0.4 is 18.9 Å². The van der Waals surface area contributed by atoms with E-state index in [2.05, 4.69) is 18.9 Å². The molecule has 47 heavy (non-hydrogen) atoms. The van der Waals surface area contributed by atoms with Crippen molar-refractivity contribution in [3.8, 4) is 0 Å². The Bertz CT molecular complexity index is 1030. The molecule has 0 aromatic heterocycles. The Hall–Kier alpha value is 2.48. The van der Waals surface area contributed by atoms with Crippen molar-refractivity contribution in [1.82, 2.24) is 18.9 Å². The first-order chi connectivity index (χ1) is 20.3. The third-order valence-corrected chi connectivity index (χ3v) is 10.2. The molecule has 0 radical (unpaired) electrons. The molecule has 0 aliphatic heterocycles. The van der Waals surface area contributed by atoms with E-state index in [1.54, 1.807) is 0 Å². The Labute approximate surface area is 349 Å². The molecule has 4 aliphatic rings. The van der Waals surface area contributed by atoms with E-state index in [0.717, 1.165) is 103 Å². The normalized spacial score (nSPS) is 20.5. The van der Waals surface area contributed by atoms with E-state index in [9.17, 15) is 33.7 Å². The third kappa shape index (κ3) is 35.3. The number of nitrogens with one attached hydrogen (secondary N) is 4. The van der Waals surface area contributed by atoms with Gasteiger partial charge in [-0.15, -0.1) is 0 Å². The molecule has 0 amide bonds. The van der Waals surface area contributed by atoms with Gasteiger partial charge in [0, 0.05) is 24.2 Å². The van der Waals surface area contributed by atoms with Crippen LogP contribution in [0.2, 0.25) is 0 Å². The van der Waals surface area contributed by atoms with Crippen LogP contribution in [0, 0.1) is 0 Å². The van der Waals surface area contributed by atoms with Crippen molar-refractivity contribution in [2.24, 2.45) is 0 Å². The van der Waals surface area contributed by atoms with E-state index in [0.29, 0.717) is 0 Å². The van der Waals surface area contributed by atoms with Crippen molar-refractivity contribution in [1.29, 1.82) is 0 Å². The van der Waals surface area contributed by atoms with Crippen LogP contribution in [0.25, 0.3) is 0 Å². The third-order valence-electron chi connectivity index (χ3n) is 7.68. The number of hydrogen-bond acceptors (Lipinski definition) is 8. The minimum absolute atomic E-state index is 0. The van der Waals surface area contributed by atoms with Gasteiger partial charge in [-0.05, 0) is 51.4 Å². The van der Waals surface area contributed by atoms with Crippen molar-refractivity contribution in [3.05, 3.63) is 0 Å². The van der Waals surface area contributed by atoms with E-state index in [-0.39, 0.29) is 113 Å². The molecule has 4 rings (SSSR count). The summed E-state index contributed by atoms with van der Waals surface area (Å²) in [4.78, 5) is 0. The summed E-state index contributed by atoms with van der Waals surface area (Å²) in [5, 5.41) is 0. The van der Waals surface area contributed by atoms with Crippen LogP contribution >= 0.6 is 0 Å². The van der Waals surface area contributed by atoms with Gasteiger partial charge >= 0.3 is 130 Å². The van der Waals surface area contributed by atoms with E-state index in [1.807, 2.05) is 0 Å². The van der Waals surface area contributed by atoms with Gasteiger partial charge in [0.15, 0.2) is 0 Å². The molecule has 0 saturated heterocycles. The Morgan fingerprint density at radius 3 is 0.532 bits per heavy atom. The topological polar surface area (TPSA) is 266 Å². The molecule has 4 saturated carbocycles. The first kappa shape index (κ1) is 53.8. The molecule has 0 unspecified atom stereocenters. The van der Waals surface area contributed by atoms with Crippen molar-refractivity contribution in [2.75, 3.05) is 0 Å². The quantitative estimate of drug-likeness (QED) is 0.126. The Kier molecular flexibility index (Phi) is 32.1. The Balaban J connectivity index is -0.000000538. The summed E-state index contributed by atoms with van der Waals surface area (Å²) in [6, 6.07) is -0.171. The zero-order valence-electron chi connectivity index (χ0n) is 25.1. The maximum absolute atomic E-state index is 10.3. The number of hydrogen-bond donors (Lipinski definition) is 8. The minimum atomic E-state index is -3.97. The molecule has 0 aromatic carbocycles. The average Bonchev–Trinajstić information content (AvgIpc) is 2.88. The van der Waals surface area contributed by atoms with Crippen molar-refractivity contribution in [2.45, 2.75) is 153 Å². The standard InChI is InChI=1S/4C6H13NO3S.3Na.3H/c4*8-11(9,10)7-6-4-2-1-3-5-6;;;;;;/h4*6-7H,1-5H2,(H,8,9,10);;;;;;. The second kappa shape index (κ2) is 28.0. The van der Waals surface area contributed by atoms with Gasteiger partial charge in [-0.3, -0.25) is 18.2 Å². The first-order valence-electron chi connectivity index (χ1n) is 15.3. The van der Waals surface area contributed by atoms with Crippen molar-refractivity contribution >= 4 is 130 Å². The van der Waals surface area contributed by atoms with Gasteiger partial charge in [0.25, 0.3) is 0 Å². The molecule has 0 bridgehead atoms. The molecule has 0 aromatic rings. The zero-order chi connectivity index (χ0) is 33.3.